The third-order valence-electron chi connectivity index (χ3n) is 3.01. The van der Waals surface area contributed by atoms with Crippen molar-refractivity contribution in [1.29, 1.82) is 0 Å². The fourth-order valence-corrected chi connectivity index (χ4v) is 2.73. The Bertz CT molecular complexity index is 485. The minimum Gasteiger partial charge on any atom is -0.494 e. The van der Waals surface area contributed by atoms with Gasteiger partial charge in [-0.25, -0.2) is 8.42 Å². The van der Waals surface area contributed by atoms with E-state index in [0.29, 0.717) is 19.4 Å². The zero-order valence-electron chi connectivity index (χ0n) is 11.6. The van der Waals surface area contributed by atoms with E-state index < -0.39 is 9.84 Å². The van der Waals surface area contributed by atoms with Gasteiger partial charge >= 0.3 is 0 Å². The van der Waals surface area contributed by atoms with E-state index in [2.05, 4.69) is 0 Å². The maximum absolute atomic E-state index is 11.4. The Kier molecular flexibility index (Phi) is 6.31. The average molecular weight is 285 g/mol. The van der Waals surface area contributed by atoms with Gasteiger partial charge in [0, 0.05) is 11.8 Å². The molecule has 19 heavy (non-hydrogen) atoms. The lowest BCUT2D eigenvalue weighted by Crippen LogP contribution is -2.14. The molecule has 1 unspecified atom stereocenters. The number of hydrogen-bond donors (Lipinski definition) is 1. The summed E-state index contributed by atoms with van der Waals surface area (Å²) in [6.07, 6.45) is 1.25. The first-order valence-corrected chi connectivity index (χ1v) is 8.49. The van der Waals surface area contributed by atoms with E-state index in [-0.39, 0.29) is 17.5 Å². The molecule has 1 aromatic rings. The Hall–Kier alpha value is -1.07. The van der Waals surface area contributed by atoms with Crippen LogP contribution in [-0.4, -0.2) is 26.5 Å². The summed E-state index contributed by atoms with van der Waals surface area (Å²) in [7, 11) is -2.89. The predicted molar refractivity (Wildman–Crippen MR) is 78.1 cm³/mol. The first kappa shape index (κ1) is 16.0. The number of ether oxygens (including phenoxy) is 1. The second-order valence-corrected chi connectivity index (χ2v) is 6.96. The third-order valence-corrected chi connectivity index (χ3v) is 4.80. The van der Waals surface area contributed by atoms with Gasteiger partial charge < -0.3 is 10.5 Å². The van der Waals surface area contributed by atoms with Crippen molar-refractivity contribution in [3.05, 3.63) is 29.8 Å². The van der Waals surface area contributed by atoms with E-state index in [1.807, 2.05) is 31.2 Å². The van der Waals surface area contributed by atoms with Crippen molar-refractivity contribution in [2.45, 2.75) is 32.7 Å². The van der Waals surface area contributed by atoms with Crippen LogP contribution in [0.25, 0.3) is 0 Å². The van der Waals surface area contributed by atoms with Gasteiger partial charge in [0.1, 0.15) is 15.6 Å². The maximum atomic E-state index is 11.4. The summed E-state index contributed by atoms with van der Waals surface area (Å²) in [6, 6.07) is 7.52. The molecule has 0 heterocycles. The molecule has 0 bridgehead atoms. The second-order valence-electron chi connectivity index (χ2n) is 4.49. The number of nitrogens with two attached hydrogens (primary N) is 1. The summed E-state index contributed by atoms with van der Waals surface area (Å²) in [5, 5.41) is 0. The lowest BCUT2D eigenvalue weighted by molar-refractivity contribution is 0.339. The van der Waals surface area contributed by atoms with Gasteiger partial charge in [-0.05, 0) is 37.5 Å². The quantitative estimate of drug-likeness (QED) is 0.795. The van der Waals surface area contributed by atoms with E-state index >= 15 is 0 Å². The van der Waals surface area contributed by atoms with Crippen LogP contribution in [0.5, 0.6) is 5.75 Å². The van der Waals surface area contributed by atoms with Crippen LogP contribution in [0.15, 0.2) is 24.3 Å². The Labute approximate surface area is 115 Å². The molecule has 108 valence electrons. The van der Waals surface area contributed by atoms with E-state index in [9.17, 15) is 8.42 Å². The molecular weight excluding hydrogens is 262 g/mol. The van der Waals surface area contributed by atoms with Crippen LogP contribution >= 0.6 is 0 Å². The highest BCUT2D eigenvalue weighted by atomic mass is 32.2. The standard InChI is InChI=1S/C14H23NO3S/c1-3-18-13-8-5-7-12(11-13)14(15)9-6-10-19(16,17)4-2/h5,7-8,11,14H,3-4,6,9-10,15H2,1-2H3. The molecule has 0 aliphatic heterocycles. The predicted octanol–water partition coefficient (Wildman–Crippen LogP) is 2.30. The fraction of sp³-hybridized carbons (Fsp3) is 0.571. The van der Waals surface area contributed by atoms with Crippen molar-refractivity contribution in [3.8, 4) is 5.75 Å². The number of benzene rings is 1. The summed E-state index contributed by atoms with van der Waals surface area (Å²) in [6.45, 7) is 4.22. The highest BCUT2D eigenvalue weighted by Gasteiger charge is 2.11. The van der Waals surface area contributed by atoms with Crippen LogP contribution in [0.1, 0.15) is 38.3 Å². The molecule has 0 saturated heterocycles. The normalized spacial score (nSPS) is 13.2. The highest BCUT2D eigenvalue weighted by molar-refractivity contribution is 7.91. The molecular formula is C14H23NO3S. The Morgan fingerprint density at radius 3 is 2.68 bits per heavy atom. The highest BCUT2D eigenvalue weighted by Crippen LogP contribution is 2.21. The van der Waals surface area contributed by atoms with Crippen molar-refractivity contribution in [1.82, 2.24) is 0 Å². The largest absolute Gasteiger partial charge is 0.494 e. The van der Waals surface area contributed by atoms with E-state index in [0.717, 1.165) is 11.3 Å². The first-order valence-electron chi connectivity index (χ1n) is 6.67. The van der Waals surface area contributed by atoms with Gasteiger partial charge in [-0.3, -0.25) is 0 Å². The number of hydrogen-bond acceptors (Lipinski definition) is 4. The number of rotatable bonds is 8. The monoisotopic (exact) mass is 285 g/mol. The van der Waals surface area contributed by atoms with Crippen LogP contribution < -0.4 is 10.5 Å². The van der Waals surface area contributed by atoms with Crippen LogP contribution in [-0.2, 0) is 9.84 Å². The van der Waals surface area contributed by atoms with Gasteiger partial charge in [0.25, 0.3) is 0 Å². The van der Waals surface area contributed by atoms with Gasteiger partial charge in [0.05, 0.1) is 12.4 Å². The minimum atomic E-state index is -2.89. The maximum Gasteiger partial charge on any atom is 0.150 e. The summed E-state index contributed by atoms with van der Waals surface area (Å²) in [5.74, 6) is 1.21. The van der Waals surface area contributed by atoms with Crippen molar-refractivity contribution < 1.29 is 13.2 Å². The topological polar surface area (TPSA) is 69.4 Å². The second kappa shape index (κ2) is 7.50. The Morgan fingerprint density at radius 1 is 1.32 bits per heavy atom. The molecule has 2 N–H and O–H groups in total. The van der Waals surface area contributed by atoms with E-state index in [1.54, 1.807) is 6.92 Å². The molecule has 0 aliphatic rings. The SMILES string of the molecule is CCOc1cccc(C(N)CCCS(=O)(=O)CC)c1. The lowest BCUT2D eigenvalue weighted by atomic mass is 10.0. The Morgan fingerprint density at radius 2 is 2.05 bits per heavy atom. The summed E-state index contributed by atoms with van der Waals surface area (Å²) in [5.41, 5.74) is 7.07. The summed E-state index contributed by atoms with van der Waals surface area (Å²) < 4.78 is 28.2. The lowest BCUT2D eigenvalue weighted by Gasteiger charge is -2.13. The van der Waals surface area contributed by atoms with Crippen LogP contribution in [0.2, 0.25) is 0 Å². The molecule has 0 spiro atoms. The van der Waals surface area contributed by atoms with Gasteiger partial charge in [0.2, 0.25) is 0 Å². The molecule has 0 aromatic heterocycles. The Balaban J connectivity index is 2.53. The van der Waals surface area contributed by atoms with Crippen LogP contribution in [0.4, 0.5) is 0 Å². The van der Waals surface area contributed by atoms with Crippen molar-refractivity contribution >= 4 is 9.84 Å². The van der Waals surface area contributed by atoms with Gasteiger partial charge in [0.15, 0.2) is 0 Å². The smallest absolute Gasteiger partial charge is 0.150 e. The molecule has 0 fully saturated rings. The van der Waals surface area contributed by atoms with E-state index in [4.69, 9.17) is 10.5 Å². The third kappa shape index (κ3) is 5.61. The molecule has 5 heteroatoms. The fourth-order valence-electron chi connectivity index (χ4n) is 1.84. The molecule has 0 saturated carbocycles. The van der Waals surface area contributed by atoms with Crippen molar-refractivity contribution in [3.63, 3.8) is 0 Å². The summed E-state index contributed by atoms with van der Waals surface area (Å²) in [4.78, 5) is 0. The van der Waals surface area contributed by atoms with Crippen LogP contribution in [0.3, 0.4) is 0 Å². The van der Waals surface area contributed by atoms with Crippen molar-refractivity contribution in [2.24, 2.45) is 5.73 Å². The molecule has 0 radical (unpaired) electrons. The molecule has 1 aromatic carbocycles. The molecule has 0 aliphatic carbocycles. The zero-order chi connectivity index (χ0) is 14.3. The first-order chi connectivity index (χ1) is 8.98. The molecule has 0 amide bonds. The zero-order valence-corrected chi connectivity index (χ0v) is 12.4. The van der Waals surface area contributed by atoms with Gasteiger partial charge in [-0.2, -0.15) is 0 Å². The van der Waals surface area contributed by atoms with E-state index in [1.165, 1.54) is 0 Å². The molecule has 1 rings (SSSR count). The minimum absolute atomic E-state index is 0.146. The molecule has 4 nitrogen and oxygen atoms in total. The average Bonchev–Trinajstić information content (AvgIpc) is 2.39. The van der Waals surface area contributed by atoms with Gasteiger partial charge in [-0.1, -0.05) is 19.1 Å². The van der Waals surface area contributed by atoms with Gasteiger partial charge in [-0.15, -0.1) is 0 Å². The van der Waals surface area contributed by atoms with Crippen molar-refractivity contribution in [2.75, 3.05) is 18.1 Å². The number of sulfone groups is 1. The van der Waals surface area contributed by atoms with Crippen LogP contribution in [0, 0.1) is 0 Å². The molecule has 1 atom stereocenters. The summed E-state index contributed by atoms with van der Waals surface area (Å²) >= 11 is 0.